The lowest BCUT2D eigenvalue weighted by atomic mass is 10.0. The van der Waals surface area contributed by atoms with Gasteiger partial charge in [-0.25, -0.2) is 0 Å². The predicted octanol–water partition coefficient (Wildman–Crippen LogP) is 2.92. The zero-order valence-electron chi connectivity index (χ0n) is 13.1. The molecule has 1 aromatic rings. The van der Waals surface area contributed by atoms with E-state index in [1.807, 2.05) is 13.8 Å². The number of hydrogen-bond donors (Lipinski definition) is 1. The van der Waals surface area contributed by atoms with Crippen LogP contribution in [0.25, 0.3) is 0 Å². The van der Waals surface area contributed by atoms with Gasteiger partial charge in [-0.1, -0.05) is 12.1 Å². The van der Waals surface area contributed by atoms with Crippen molar-refractivity contribution in [3.8, 4) is 5.75 Å². The number of hydrogen-bond acceptors (Lipinski definition) is 3. The first-order valence-corrected chi connectivity index (χ1v) is 7.52. The molecule has 1 saturated heterocycles. The summed E-state index contributed by atoms with van der Waals surface area (Å²) in [4.78, 5) is 2.32. The Labute approximate surface area is 122 Å². The normalized spacial score (nSPS) is 18.2. The Morgan fingerprint density at radius 3 is 2.50 bits per heavy atom. The fourth-order valence-electron chi connectivity index (χ4n) is 2.75. The van der Waals surface area contributed by atoms with Gasteiger partial charge >= 0.3 is 0 Å². The highest BCUT2D eigenvalue weighted by molar-refractivity contribution is 5.36. The van der Waals surface area contributed by atoms with Gasteiger partial charge in [0.2, 0.25) is 0 Å². The fraction of sp³-hybridized carbons (Fsp3) is 0.647. The lowest BCUT2D eigenvalue weighted by Gasteiger charge is -2.35. The number of aliphatic hydroxyl groups is 1. The molecular formula is C17H27NO2. The number of ether oxygens (including phenoxy) is 1. The molecule has 0 amide bonds. The quantitative estimate of drug-likeness (QED) is 0.918. The standard InChI is InChI=1S/C17H27NO2/c1-13-5-6-14(2)16(11-13)20-15-7-9-18(10-8-15)12-17(3,4)19/h5-6,11,15,19H,7-10,12H2,1-4H3. The van der Waals surface area contributed by atoms with Crippen molar-refractivity contribution >= 4 is 0 Å². The lowest BCUT2D eigenvalue weighted by Crippen LogP contribution is -2.45. The van der Waals surface area contributed by atoms with Crippen molar-refractivity contribution in [3.63, 3.8) is 0 Å². The van der Waals surface area contributed by atoms with E-state index in [2.05, 4.69) is 36.9 Å². The second kappa shape index (κ2) is 6.15. The number of β-amino-alcohol motifs (C(OH)–C–C–N with tert-alkyl or cyclic N) is 1. The van der Waals surface area contributed by atoms with Gasteiger partial charge in [0.25, 0.3) is 0 Å². The van der Waals surface area contributed by atoms with Crippen LogP contribution in [0.3, 0.4) is 0 Å². The van der Waals surface area contributed by atoms with Gasteiger partial charge in [-0.3, -0.25) is 0 Å². The summed E-state index contributed by atoms with van der Waals surface area (Å²) >= 11 is 0. The van der Waals surface area contributed by atoms with Crippen LogP contribution in [0.15, 0.2) is 18.2 Å². The first kappa shape index (κ1) is 15.3. The Kier molecular flexibility index (Phi) is 4.71. The van der Waals surface area contributed by atoms with Crippen LogP contribution < -0.4 is 4.74 Å². The Morgan fingerprint density at radius 1 is 1.25 bits per heavy atom. The Morgan fingerprint density at radius 2 is 1.90 bits per heavy atom. The van der Waals surface area contributed by atoms with Crippen molar-refractivity contribution in [3.05, 3.63) is 29.3 Å². The van der Waals surface area contributed by atoms with Crippen LogP contribution in [0.4, 0.5) is 0 Å². The molecule has 1 heterocycles. The van der Waals surface area contributed by atoms with Crippen LogP contribution in [-0.2, 0) is 0 Å². The molecule has 0 unspecified atom stereocenters. The molecule has 0 atom stereocenters. The molecule has 1 aliphatic rings. The monoisotopic (exact) mass is 277 g/mol. The molecule has 1 N–H and O–H groups in total. The average molecular weight is 277 g/mol. The second-order valence-corrected chi connectivity index (χ2v) is 6.67. The molecule has 3 nitrogen and oxygen atoms in total. The van der Waals surface area contributed by atoms with Gasteiger partial charge in [-0.2, -0.15) is 0 Å². The topological polar surface area (TPSA) is 32.7 Å². The molecular weight excluding hydrogens is 250 g/mol. The Balaban J connectivity index is 1.87. The van der Waals surface area contributed by atoms with Gasteiger partial charge in [0, 0.05) is 19.6 Å². The molecule has 2 rings (SSSR count). The van der Waals surface area contributed by atoms with Crippen LogP contribution in [0.1, 0.15) is 37.8 Å². The Bertz CT molecular complexity index is 443. The molecule has 0 spiro atoms. The summed E-state index contributed by atoms with van der Waals surface area (Å²) in [5.74, 6) is 1.02. The largest absolute Gasteiger partial charge is 0.490 e. The maximum atomic E-state index is 9.87. The maximum Gasteiger partial charge on any atom is 0.122 e. The highest BCUT2D eigenvalue weighted by Crippen LogP contribution is 2.24. The smallest absolute Gasteiger partial charge is 0.122 e. The van der Waals surface area contributed by atoms with Crippen molar-refractivity contribution in [1.82, 2.24) is 4.90 Å². The van der Waals surface area contributed by atoms with E-state index >= 15 is 0 Å². The Hall–Kier alpha value is -1.06. The molecule has 0 aliphatic carbocycles. The van der Waals surface area contributed by atoms with Gasteiger partial charge in [-0.05, 0) is 57.7 Å². The molecule has 0 aromatic heterocycles. The minimum absolute atomic E-state index is 0.300. The van der Waals surface area contributed by atoms with Gasteiger partial charge in [0.1, 0.15) is 11.9 Å². The third-order valence-corrected chi connectivity index (χ3v) is 3.78. The van der Waals surface area contributed by atoms with E-state index in [-0.39, 0.29) is 0 Å². The lowest BCUT2D eigenvalue weighted by molar-refractivity contribution is 0.0139. The highest BCUT2D eigenvalue weighted by atomic mass is 16.5. The summed E-state index contributed by atoms with van der Waals surface area (Å²) in [6.45, 7) is 10.7. The second-order valence-electron chi connectivity index (χ2n) is 6.67. The van der Waals surface area contributed by atoms with Crippen LogP contribution >= 0.6 is 0 Å². The number of rotatable bonds is 4. The first-order chi connectivity index (χ1) is 9.33. The summed E-state index contributed by atoms with van der Waals surface area (Å²) in [5.41, 5.74) is 1.83. The average Bonchev–Trinajstić information content (AvgIpc) is 2.34. The zero-order valence-corrected chi connectivity index (χ0v) is 13.1. The summed E-state index contributed by atoms with van der Waals surface area (Å²) in [6, 6.07) is 6.36. The van der Waals surface area contributed by atoms with E-state index in [0.717, 1.165) is 38.2 Å². The van der Waals surface area contributed by atoms with Gasteiger partial charge in [-0.15, -0.1) is 0 Å². The minimum Gasteiger partial charge on any atom is -0.490 e. The number of likely N-dealkylation sites (tertiary alicyclic amines) is 1. The molecule has 3 heteroatoms. The van der Waals surface area contributed by atoms with E-state index in [4.69, 9.17) is 4.74 Å². The molecule has 1 aromatic carbocycles. The number of benzene rings is 1. The zero-order chi connectivity index (χ0) is 14.8. The van der Waals surface area contributed by atoms with Crippen molar-refractivity contribution in [2.45, 2.75) is 52.2 Å². The number of aryl methyl sites for hydroxylation is 2. The van der Waals surface area contributed by atoms with Crippen LogP contribution in [0, 0.1) is 13.8 Å². The van der Waals surface area contributed by atoms with E-state index in [1.165, 1.54) is 11.1 Å². The summed E-state index contributed by atoms with van der Waals surface area (Å²) in [7, 11) is 0. The van der Waals surface area contributed by atoms with E-state index in [9.17, 15) is 5.11 Å². The SMILES string of the molecule is Cc1ccc(C)c(OC2CCN(CC(C)(C)O)CC2)c1. The highest BCUT2D eigenvalue weighted by Gasteiger charge is 2.25. The van der Waals surface area contributed by atoms with Crippen molar-refractivity contribution in [2.75, 3.05) is 19.6 Å². The molecule has 0 saturated carbocycles. The molecule has 20 heavy (non-hydrogen) atoms. The first-order valence-electron chi connectivity index (χ1n) is 7.52. The number of nitrogens with zero attached hydrogens (tertiary/aromatic N) is 1. The van der Waals surface area contributed by atoms with Gasteiger partial charge < -0.3 is 14.7 Å². The molecule has 112 valence electrons. The van der Waals surface area contributed by atoms with Crippen molar-refractivity contribution in [1.29, 1.82) is 0 Å². The molecule has 0 radical (unpaired) electrons. The molecule has 0 bridgehead atoms. The minimum atomic E-state index is -0.610. The van der Waals surface area contributed by atoms with Crippen molar-refractivity contribution in [2.24, 2.45) is 0 Å². The predicted molar refractivity (Wildman–Crippen MR) is 82.3 cm³/mol. The summed E-state index contributed by atoms with van der Waals surface area (Å²) in [5, 5.41) is 9.87. The van der Waals surface area contributed by atoms with E-state index in [0.29, 0.717) is 6.10 Å². The maximum absolute atomic E-state index is 9.87. The van der Waals surface area contributed by atoms with Gasteiger partial charge in [0.15, 0.2) is 0 Å². The van der Waals surface area contributed by atoms with Crippen LogP contribution in [-0.4, -0.2) is 41.3 Å². The van der Waals surface area contributed by atoms with Crippen LogP contribution in [0.5, 0.6) is 5.75 Å². The molecule has 1 fully saturated rings. The van der Waals surface area contributed by atoms with Crippen molar-refractivity contribution < 1.29 is 9.84 Å². The molecule has 1 aliphatic heterocycles. The van der Waals surface area contributed by atoms with Crippen LogP contribution in [0.2, 0.25) is 0 Å². The summed E-state index contributed by atoms with van der Waals surface area (Å²) in [6.07, 6.45) is 2.36. The van der Waals surface area contributed by atoms with E-state index in [1.54, 1.807) is 0 Å². The third kappa shape index (κ3) is 4.50. The van der Waals surface area contributed by atoms with Gasteiger partial charge in [0.05, 0.1) is 5.60 Å². The number of piperidine rings is 1. The third-order valence-electron chi connectivity index (χ3n) is 3.78. The van der Waals surface area contributed by atoms with E-state index < -0.39 is 5.60 Å². The fourth-order valence-corrected chi connectivity index (χ4v) is 2.75. The summed E-state index contributed by atoms with van der Waals surface area (Å²) < 4.78 is 6.16.